The number of alkyl halides is 2. The largest absolute Gasteiger partial charge is 0.431 e. The average molecular weight is 480 g/mol. The van der Waals surface area contributed by atoms with Crippen molar-refractivity contribution < 1.29 is 18.3 Å². The number of hydrogen-bond donors (Lipinski definition) is 2. The van der Waals surface area contributed by atoms with Crippen LogP contribution in [0.1, 0.15) is 32.6 Å². The lowest BCUT2D eigenvalue weighted by molar-refractivity contribution is -0.188. The number of rotatable bonds is 12. The third kappa shape index (κ3) is 7.03. The average Bonchev–Trinajstić information content (AvgIpc) is 3.69. The molecule has 2 aliphatic carbocycles. The number of amides is 1. The van der Waals surface area contributed by atoms with Crippen LogP contribution in [0.4, 0.5) is 8.78 Å². The molecule has 0 heterocycles. The van der Waals surface area contributed by atoms with E-state index in [9.17, 15) is 10.1 Å². The molecule has 0 bridgehead atoms. The standard InChI is InChI=1S/C23H27F2N3O2S2/c1-3-4-20(23(24,25)30-17-7-9-18(31-2)10-8-17)27-19(14-32-13-16-5-6-16)21(29)28-22(15-26)11-12-22/h7-10,16,19-20,27H,5-6,11-14H2,1-2H3,(H,28,29)/t19-,20-/m0/s1. The number of carbonyl (C=O) groups excluding carboxylic acids is 1. The van der Waals surface area contributed by atoms with E-state index in [-0.39, 0.29) is 5.75 Å². The van der Waals surface area contributed by atoms with Crippen LogP contribution in [-0.2, 0) is 4.79 Å². The summed E-state index contributed by atoms with van der Waals surface area (Å²) >= 11 is 3.05. The number of hydrogen-bond acceptors (Lipinski definition) is 6. The van der Waals surface area contributed by atoms with Gasteiger partial charge in [0, 0.05) is 10.6 Å². The van der Waals surface area contributed by atoms with Crippen molar-refractivity contribution in [3.63, 3.8) is 0 Å². The number of carbonyl (C=O) groups is 1. The second-order valence-electron chi connectivity index (χ2n) is 8.05. The lowest BCUT2D eigenvalue weighted by Gasteiger charge is -2.28. The van der Waals surface area contributed by atoms with Gasteiger partial charge in [-0.15, -0.1) is 17.7 Å². The number of nitrogens with zero attached hydrogens (tertiary/aromatic N) is 1. The fourth-order valence-electron chi connectivity index (χ4n) is 2.98. The molecule has 0 saturated heterocycles. The summed E-state index contributed by atoms with van der Waals surface area (Å²) in [5.74, 6) is 6.36. The zero-order valence-corrected chi connectivity index (χ0v) is 19.8. The summed E-state index contributed by atoms with van der Waals surface area (Å²) in [5.41, 5.74) is -0.873. The Morgan fingerprint density at radius 3 is 2.56 bits per heavy atom. The Balaban J connectivity index is 1.71. The van der Waals surface area contributed by atoms with E-state index in [2.05, 4.69) is 28.5 Å². The molecule has 9 heteroatoms. The Bertz CT molecular complexity index is 901. The van der Waals surface area contributed by atoms with Crippen LogP contribution in [0.15, 0.2) is 29.2 Å². The lowest BCUT2D eigenvalue weighted by atomic mass is 10.2. The molecule has 0 radical (unpaired) electrons. The maximum Gasteiger partial charge on any atom is 0.425 e. The lowest BCUT2D eigenvalue weighted by Crippen LogP contribution is -2.58. The number of benzene rings is 1. The van der Waals surface area contributed by atoms with Gasteiger partial charge in [-0.25, -0.2) is 0 Å². The minimum absolute atomic E-state index is 0.0167. The van der Waals surface area contributed by atoms with Crippen LogP contribution in [0.5, 0.6) is 5.75 Å². The fraction of sp³-hybridized carbons (Fsp3) is 0.565. The molecule has 2 fully saturated rings. The second kappa shape index (κ2) is 10.8. The molecule has 3 rings (SSSR count). The molecule has 1 aromatic carbocycles. The fourth-order valence-corrected chi connectivity index (χ4v) is 4.67. The van der Waals surface area contributed by atoms with Gasteiger partial charge in [-0.1, -0.05) is 5.92 Å². The minimum Gasteiger partial charge on any atom is -0.431 e. The molecule has 0 aromatic heterocycles. The molecule has 2 N–H and O–H groups in total. The highest BCUT2D eigenvalue weighted by Crippen LogP contribution is 2.35. The molecule has 0 aliphatic heterocycles. The van der Waals surface area contributed by atoms with E-state index in [1.807, 2.05) is 6.26 Å². The van der Waals surface area contributed by atoms with Gasteiger partial charge >= 0.3 is 6.11 Å². The SMILES string of the molecule is CC#C[C@H](N[C@@H](CSCC1CC1)C(=O)NC1(C#N)CC1)C(F)(F)Oc1ccc(SC)cc1. The number of nitriles is 1. The van der Waals surface area contributed by atoms with Crippen LogP contribution in [-0.4, -0.2) is 47.4 Å². The molecular weight excluding hydrogens is 452 g/mol. The van der Waals surface area contributed by atoms with E-state index in [0.29, 0.717) is 24.5 Å². The van der Waals surface area contributed by atoms with Gasteiger partial charge in [0.05, 0.1) is 12.1 Å². The molecule has 172 valence electrons. The molecule has 2 atom stereocenters. The van der Waals surface area contributed by atoms with Crippen molar-refractivity contribution in [2.45, 2.75) is 61.2 Å². The Kier molecular flexibility index (Phi) is 8.32. The highest BCUT2D eigenvalue weighted by atomic mass is 32.2. The quantitative estimate of drug-likeness (QED) is 0.348. The summed E-state index contributed by atoms with van der Waals surface area (Å²) < 4.78 is 35.1. The Morgan fingerprint density at radius 2 is 2.03 bits per heavy atom. The van der Waals surface area contributed by atoms with Crippen LogP contribution < -0.4 is 15.4 Å². The van der Waals surface area contributed by atoms with Gasteiger partial charge in [-0.05, 0) is 74.8 Å². The third-order valence-electron chi connectivity index (χ3n) is 5.28. The van der Waals surface area contributed by atoms with E-state index >= 15 is 8.78 Å². The van der Waals surface area contributed by atoms with Crippen molar-refractivity contribution >= 4 is 29.4 Å². The van der Waals surface area contributed by atoms with Crippen LogP contribution in [0.25, 0.3) is 0 Å². The molecule has 1 amide bonds. The highest BCUT2D eigenvalue weighted by Gasteiger charge is 2.47. The second-order valence-corrected chi connectivity index (χ2v) is 10.0. The van der Waals surface area contributed by atoms with Crippen molar-refractivity contribution in [3.05, 3.63) is 24.3 Å². The highest BCUT2D eigenvalue weighted by molar-refractivity contribution is 7.99. The van der Waals surface area contributed by atoms with Gasteiger partial charge in [0.2, 0.25) is 5.91 Å². The predicted octanol–water partition coefficient (Wildman–Crippen LogP) is 4.05. The zero-order valence-electron chi connectivity index (χ0n) is 18.1. The van der Waals surface area contributed by atoms with Crippen LogP contribution in [0, 0.1) is 29.1 Å². The first-order chi connectivity index (χ1) is 15.3. The molecule has 0 unspecified atom stereocenters. The third-order valence-corrected chi connectivity index (χ3v) is 7.30. The van der Waals surface area contributed by atoms with Crippen molar-refractivity contribution in [1.29, 1.82) is 5.26 Å². The summed E-state index contributed by atoms with van der Waals surface area (Å²) in [6.07, 6.45) is 1.70. The topological polar surface area (TPSA) is 74.2 Å². The van der Waals surface area contributed by atoms with Gasteiger partial charge in [-0.3, -0.25) is 10.1 Å². The molecule has 2 saturated carbocycles. The molecular formula is C23H27F2N3O2S2. The van der Waals surface area contributed by atoms with Gasteiger partial charge in [0.25, 0.3) is 0 Å². The van der Waals surface area contributed by atoms with Gasteiger partial charge in [0.1, 0.15) is 11.3 Å². The number of ether oxygens (including phenoxy) is 1. The van der Waals surface area contributed by atoms with E-state index in [0.717, 1.165) is 10.6 Å². The summed E-state index contributed by atoms with van der Waals surface area (Å²) in [4.78, 5) is 13.8. The maximum absolute atomic E-state index is 15.1. The van der Waals surface area contributed by atoms with Gasteiger partial charge in [0.15, 0.2) is 6.04 Å². The number of halogens is 2. The Labute approximate surface area is 196 Å². The van der Waals surface area contributed by atoms with Crippen molar-refractivity contribution in [2.75, 3.05) is 17.8 Å². The predicted molar refractivity (Wildman–Crippen MR) is 124 cm³/mol. The van der Waals surface area contributed by atoms with Crippen LogP contribution >= 0.6 is 23.5 Å². The molecule has 0 spiro atoms. The first kappa shape index (κ1) is 24.7. The van der Waals surface area contributed by atoms with E-state index in [1.54, 1.807) is 23.9 Å². The normalized spacial score (nSPS) is 18.5. The molecule has 5 nitrogen and oxygen atoms in total. The smallest absolute Gasteiger partial charge is 0.425 e. The first-order valence-corrected chi connectivity index (χ1v) is 12.9. The summed E-state index contributed by atoms with van der Waals surface area (Å²) in [6, 6.07) is 5.85. The van der Waals surface area contributed by atoms with E-state index in [1.165, 1.54) is 43.7 Å². The van der Waals surface area contributed by atoms with Crippen LogP contribution in [0.2, 0.25) is 0 Å². The molecule has 1 aromatic rings. The molecule has 2 aliphatic rings. The zero-order chi connectivity index (χ0) is 23.2. The van der Waals surface area contributed by atoms with E-state index < -0.39 is 29.6 Å². The van der Waals surface area contributed by atoms with Crippen molar-refractivity contribution in [1.82, 2.24) is 10.6 Å². The summed E-state index contributed by atoms with van der Waals surface area (Å²) in [5, 5.41) is 14.7. The minimum atomic E-state index is -3.67. The van der Waals surface area contributed by atoms with Crippen LogP contribution in [0.3, 0.4) is 0 Å². The summed E-state index contributed by atoms with van der Waals surface area (Å²) in [7, 11) is 0. The van der Waals surface area contributed by atoms with Crippen molar-refractivity contribution in [3.8, 4) is 23.7 Å². The first-order valence-electron chi connectivity index (χ1n) is 10.5. The molecule has 32 heavy (non-hydrogen) atoms. The van der Waals surface area contributed by atoms with Gasteiger partial charge in [-0.2, -0.15) is 25.8 Å². The summed E-state index contributed by atoms with van der Waals surface area (Å²) in [6.45, 7) is 1.46. The van der Waals surface area contributed by atoms with Crippen molar-refractivity contribution in [2.24, 2.45) is 5.92 Å². The number of nitrogens with one attached hydrogen (secondary N) is 2. The van der Waals surface area contributed by atoms with E-state index in [4.69, 9.17) is 4.74 Å². The maximum atomic E-state index is 15.1. The Morgan fingerprint density at radius 1 is 1.34 bits per heavy atom. The number of thioether (sulfide) groups is 2. The Hall–Kier alpha value is -1.94. The van der Waals surface area contributed by atoms with Gasteiger partial charge < -0.3 is 10.1 Å². The monoisotopic (exact) mass is 479 g/mol.